The van der Waals surface area contributed by atoms with Crippen LogP contribution in [0.3, 0.4) is 0 Å². The van der Waals surface area contributed by atoms with Crippen molar-refractivity contribution in [3.05, 3.63) is 0 Å². The molecule has 0 radical (unpaired) electrons. The number of hydrogen-bond acceptors (Lipinski definition) is 1. The summed E-state index contributed by atoms with van der Waals surface area (Å²) in [4.78, 5) is 0. The molecule has 2 nitrogen and oxygen atoms in total. The quantitative estimate of drug-likeness (QED) is 0.224. The van der Waals surface area contributed by atoms with Crippen LogP contribution in [-0.4, -0.2) is 32.3 Å². The molecule has 24 heavy (non-hydrogen) atoms. The second-order valence-electron chi connectivity index (χ2n) is 8.22. The summed E-state index contributed by atoms with van der Waals surface area (Å²) in [6, 6.07) is 0. The van der Waals surface area contributed by atoms with Gasteiger partial charge in [-0.05, 0) is 6.42 Å². The highest BCUT2D eigenvalue weighted by Gasteiger charge is 2.03. The summed E-state index contributed by atoms with van der Waals surface area (Å²) in [7, 11) is 6.56. The van der Waals surface area contributed by atoms with Gasteiger partial charge < -0.3 is 12.4 Å². The Labute approximate surface area is 160 Å². The van der Waals surface area contributed by atoms with Crippen LogP contribution in [0.15, 0.2) is 0 Å². The van der Waals surface area contributed by atoms with Crippen molar-refractivity contribution in [2.75, 3.05) is 27.7 Å². The van der Waals surface area contributed by atoms with Crippen LogP contribution in [0.2, 0.25) is 0 Å². The normalized spacial score (nSPS) is 11.5. The topological polar surface area (TPSA) is 12.0 Å². The molecule has 148 valence electrons. The summed E-state index contributed by atoms with van der Waals surface area (Å²) in [6.45, 7) is 3.45. The van der Waals surface area contributed by atoms with Crippen LogP contribution in [0.5, 0.6) is 0 Å². The third-order valence-electron chi connectivity index (χ3n) is 4.62. The Balaban J connectivity index is 0. The van der Waals surface area contributed by atoms with Crippen LogP contribution in [0, 0.1) is 0 Å². The number of nitrogens with zero attached hydrogens (tertiary/aromatic N) is 1. The predicted octanol–water partition coefficient (Wildman–Crippen LogP) is 3.46. The van der Waals surface area contributed by atoms with Crippen LogP contribution in [0.25, 0.3) is 0 Å². The molecule has 0 spiro atoms. The summed E-state index contributed by atoms with van der Waals surface area (Å²) < 4.78 is 0.874. The van der Waals surface area contributed by atoms with E-state index in [4.69, 9.17) is 0 Å². The summed E-state index contributed by atoms with van der Waals surface area (Å²) in [5, 5.41) is 0. The first-order valence-electron chi connectivity index (χ1n) is 10.6. The van der Waals surface area contributed by atoms with Gasteiger partial charge in [-0.1, -0.05) is 103 Å². The molecule has 0 aromatic carbocycles. The Bertz CT molecular complexity index is 226. The van der Waals surface area contributed by atoms with Crippen LogP contribution < -0.4 is 17.8 Å². The Morgan fingerprint density at radius 2 is 0.792 bits per heavy atom. The highest BCUT2D eigenvalue weighted by atomic mass is 35.5. The minimum absolute atomic E-state index is 0. The molecule has 0 saturated carbocycles. The lowest BCUT2D eigenvalue weighted by Crippen LogP contribution is -3.00. The van der Waals surface area contributed by atoms with E-state index >= 15 is 0 Å². The van der Waals surface area contributed by atoms with Crippen molar-refractivity contribution >= 4 is 0 Å². The van der Waals surface area contributed by atoms with E-state index in [0.717, 1.165) is 11.1 Å². The first-order valence-corrected chi connectivity index (χ1v) is 10.6. The number of rotatable bonds is 18. The summed E-state index contributed by atoms with van der Waals surface area (Å²) in [5.74, 6) is 0. The minimum atomic E-state index is 0. The van der Waals surface area contributed by atoms with Gasteiger partial charge in [0, 0.05) is 6.54 Å². The zero-order chi connectivity index (χ0) is 17.2. The van der Waals surface area contributed by atoms with Gasteiger partial charge in [-0.3, -0.25) is 4.59 Å². The average Bonchev–Trinajstić information content (AvgIpc) is 2.49. The molecule has 0 rings (SSSR count). The molecule has 3 heteroatoms. The summed E-state index contributed by atoms with van der Waals surface area (Å²) in [5.41, 5.74) is 3.51. The highest BCUT2D eigenvalue weighted by molar-refractivity contribution is 4.50. The van der Waals surface area contributed by atoms with E-state index in [1.807, 2.05) is 0 Å². The molecule has 0 aliphatic carbocycles. The maximum atomic E-state index is 3.51. The van der Waals surface area contributed by atoms with E-state index in [-0.39, 0.29) is 12.4 Å². The fourth-order valence-corrected chi connectivity index (χ4v) is 3.09. The van der Waals surface area contributed by atoms with Gasteiger partial charge in [0.05, 0.1) is 21.1 Å². The van der Waals surface area contributed by atoms with E-state index < -0.39 is 0 Å². The predicted molar refractivity (Wildman–Crippen MR) is 106 cm³/mol. The molecule has 0 aromatic heterocycles. The molecule has 1 N–H and O–H groups in total. The molecule has 0 aliphatic heterocycles. The van der Waals surface area contributed by atoms with Crippen LogP contribution >= 0.6 is 0 Å². The van der Waals surface area contributed by atoms with Crippen LogP contribution in [0.4, 0.5) is 0 Å². The van der Waals surface area contributed by atoms with Crippen molar-refractivity contribution in [2.45, 2.75) is 110 Å². The summed E-state index contributed by atoms with van der Waals surface area (Å²) in [6.07, 6.45) is 23.1. The SMILES string of the molecule is CCCCCCCCCCCCCCCCCCN[N+](C)(C)C.[Cl-]. The standard InChI is InChI=1S/C21H47N2.ClH/c1-5-6-7-8-9-10-11-12-13-14-15-16-17-18-19-20-21-22-23(2,3)4;/h22H,5-21H2,1-4H3;1H/q+1;/p-1. The molecule has 0 aliphatic rings. The number of halogens is 1. The monoisotopic (exact) mass is 362 g/mol. The maximum Gasteiger partial charge on any atom is 0.0853 e. The smallest absolute Gasteiger partial charge is 0.0853 e. The summed E-state index contributed by atoms with van der Waals surface area (Å²) >= 11 is 0. The first kappa shape index (κ1) is 26.4. The molecular formula is C21H47ClN2. The lowest BCUT2D eigenvalue weighted by molar-refractivity contribution is -0.915. The number of quaternary nitrogens is 1. The lowest BCUT2D eigenvalue weighted by atomic mass is 10.0. The van der Waals surface area contributed by atoms with Crippen molar-refractivity contribution in [3.63, 3.8) is 0 Å². The molecule has 0 unspecified atom stereocenters. The van der Waals surface area contributed by atoms with E-state index in [1.54, 1.807) is 0 Å². The fraction of sp³-hybridized carbons (Fsp3) is 1.00. The van der Waals surface area contributed by atoms with Crippen molar-refractivity contribution in [2.24, 2.45) is 0 Å². The third kappa shape index (κ3) is 24.5. The molecule has 0 heterocycles. The van der Waals surface area contributed by atoms with Gasteiger partial charge in [0.2, 0.25) is 0 Å². The van der Waals surface area contributed by atoms with Gasteiger partial charge in [0.15, 0.2) is 0 Å². The van der Waals surface area contributed by atoms with Gasteiger partial charge >= 0.3 is 0 Å². The largest absolute Gasteiger partial charge is 1.00 e. The Morgan fingerprint density at radius 3 is 1.08 bits per heavy atom. The van der Waals surface area contributed by atoms with Crippen LogP contribution in [0.1, 0.15) is 110 Å². The van der Waals surface area contributed by atoms with E-state index in [1.165, 1.54) is 103 Å². The zero-order valence-electron chi connectivity index (χ0n) is 17.3. The molecular weight excluding hydrogens is 316 g/mol. The van der Waals surface area contributed by atoms with E-state index in [2.05, 4.69) is 33.5 Å². The Hall–Kier alpha value is 0.210. The molecule has 0 bridgehead atoms. The first-order chi connectivity index (χ1) is 11.1. The van der Waals surface area contributed by atoms with E-state index in [0.29, 0.717) is 0 Å². The molecule has 0 amide bonds. The van der Waals surface area contributed by atoms with Gasteiger partial charge in [0.1, 0.15) is 0 Å². The van der Waals surface area contributed by atoms with Gasteiger partial charge in [0.25, 0.3) is 0 Å². The van der Waals surface area contributed by atoms with Crippen molar-refractivity contribution < 1.29 is 17.0 Å². The van der Waals surface area contributed by atoms with Crippen molar-refractivity contribution in [1.29, 1.82) is 0 Å². The zero-order valence-corrected chi connectivity index (χ0v) is 18.1. The Morgan fingerprint density at radius 1 is 0.500 bits per heavy atom. The van der Waals surface area contributed by atoms with Crippen LogP contribution in [-0.2, 0) is 0 Å². The van der Waals surface area contributed by atoms with Gasteiger partial charge in [-0.2, -0.15) is 5.43 Å². The van der Waals surface area contributed by atoms with Gasteiger partial charge in [-0.25, -0.2) is 0 Å². The maximum absolute atomic E-state index is 3.51. The second-order valence-corrected chi connectivity index (χ2v) is 8.22. The highest BCUT2D eigenvalue weighted by Crippen LogP contribution is 2.13. The molecule has 0 fully saturated rings. The number of hydrogen-bond donors (Lipinski definition) is 1. The molecule has 0 aromatic rings. The van der Waals surface area contributed by atoms with Gasteiger partial charge in [-0.15, -0.1) is 0 Å². The third-order valence-corrected chi connectivity index (χ3v) is 4.62. The van der Waals surface area contributed by atoms with Crippen molar-refractivity contribution in [3.8, 4) is 0 Å². The van der Waals surface area contributed by atoms with Crippen molar-refractivity contribution in [1.82, 2.24) is 5.43 Å². The minimum Gasteiger partial charge on any atom is -1.00 e. The van der Waals surface area contributed by atoms with E-state index in [9.17, 15) is 0 Å². The average molecular weight is 363 g/mol. The Kier molecular flexibility index (Phi) is 21.5. The lowest BCUT2D eigenvalue weighted by Gasteiger charge is -2.23. The fourth-order valence-electron chi connectivity index (χ4n) is 3.09. The number of nitrogens with one attached hydrogen (secondary N) is 1. The number of unbranched alkanes of at least 4 members (excludes halogenated alkanes) is 15. The second kappa shape index (κ2) is 19.5. The molecule has 0 saturated heterocycles. The molecule has 0 atom stereocenters.